The number of nitrogens with one attached hydrogen (secondary N) is 2. The van der Waals surface area contributed by atoms with E-state index in [0.717, 1.165) is 15.8 Å². The zero-order valence-electron chi connectivity index (χ0n) is 14.1. The van der Waals surface area contributed by atoms with Crippen LogP contribution in [0, 0.1) is 0 Å². The number of hydrogen-bond donors (Lipinski definition) is 2. The highest BCUT2D eigenvalue weighted by molar-refractivity contribution is 8.39. The molecule has 1 aliphatic heterocycles. The van der Waals surface area contributed by atoms with Gasteiger partial charge >= 0.3 is 0 Å². The van der Waals surface area contributed by atoms with Crippen LogP contribution in [0.4, 0.5) is 5.69 Å². The Hall–Kier alpha value is -1.99. The second-order valence-corrected chi connectivity index (χ2v) is 8.19. The second-order valence-electron chi connectivity index (χ2n) is 5.87. The molecule has 25 heavy (non-hydrogen) atoms. The van der Waals surface area contributed by atoms with E-state index in [1.807, 2.05) is 42.5 Å². The van der Waals surface area contributed by atoms with E-state index in [9.17, 15) is 4.79 Å². The third-order valence-electron chi connectivity index (χ3n) is 3.64. The van der Waals surface area contributed by atoms with Crippen LogP contribution in [0.5, 0.6) is 0 Å². The molecule has 1 atom stereocenters. The number of hydrogen-bond acceptors (Lipinski definition) is 6. The zero-order valence-corrected chi connectivity index (χ0v) is 15.7. The van der Waals surface area contributed by atoms with E-state index in [1.54, 1.807) is 18.0 Å². The van der Waals surface area contributed by atoms with Gasteiger partial charge in [-0.15, -0.1) is 0 Å². The molecule has 130 valence electrons. The molecule has 1 amide bonds. The fraction of sp³-hybridized carbons (Fsp3) is 0.278. The lowest BCUT2D eigenvalue weighted by Gasteiger charge is -2.08. The maximum absolute atomic E-state index is 12.1. The first-order chi connectivity index (χ1) is 12.1. The molecule has 0 aliphatic carbocycles. The van der Waals surface area contributed by atoms with Crippen LogP contribution in [0.3, 0.4) is 0 Å². The van der Waals surface area contributed by atoms with Gasteiger partial charge in [-0.25, -0.2) is 0 Å². The number of hydrazone groups is 1. The molecular weight excluding hydrogens is 352 g/mol. The van der Waals surface area contributed by atoms with Crippen molar-refractivity contribution < 1.29 is 4.79 Å². The number of nitrogens with zero attached hydrogens (tertiary/aromatic N) is 2. The minimum Gasteiger partial charge on any atom is -0.325 e. The lowest BCUT2D eigenvalue weighted by atomic mass is 10.0. The summed E-state index contributed by atoms with van der Waals surface area (Å²) in [6, 6.07) is 13.8. The third kappa shape index (κ3) is 4.99. The highest BCUT2D eigenvalue weighted by atomic mass is 32.2. The molecule has 2 aromatic rings. The average molecular weight is 373 g/mol. The normalized spacial score (nSPS) is 16.4. The summed E-state index contributed by atoms with van der Waals surface area (Å²) in [7, 11) is 0. The lowest BCUT2D eigenvalue weighted by molar-refractivity contribution is -0.113. The van der Waals surface area contributed by atoms with E-state index in [1.165, 1.54) is 17.3 Å². The van der Waals surface area contributed by atoms with E-state index in [2.05, 4.69) is 34.7 Å². The summed E-state index contributed by atoms with van der Waals surface area (Å²) >= 11 is 3.01. The van der Waals surface area contributed by atoms with Crippen molar-refractivity contribution >= 4 is 39.5 Å². The van der Waals surface area contributed by atoms with Gasteiger partial charge in [0.15, 0.2) is 4.38 Å². The Bertz CT molecular complexity index is 747. The largest absolute Gasteiger partial charge is 0.325 e. The fourth-order valence-electron chi connectivity index (χ4n) is 2.26. The van der Waals surface area contributed by atoms with E-state index >= 15 is 0 Å². The smallest absolute Gasteiger partial charge is 0.234 e. The van der Waals surface area contributed by atoms with Gasteiger partial charge in [0.25, 0.3) is 0 Å². The van der Waals surface area contributed by atoms with Crippen molar-refractivity contribution in [1.82, 2.24) is 10.4 Å². The molecule has 2 N–H and O–H groups in total. The minimum absolute atomic E-state index is 0.00957. The number of pyridine rings is 1. The van der Waals surface area contributed by atoms with Gasteiger partial charge in [-0.05, 0) is 35.7 Å². The standard InChI is InChI=1S/C18H20N4OS2/c1-12(2)13-6-8-14(9-7-13)20-16(23)11-24-18-22-21-17(25-18)15-5-3-4-10-19-15/h3-10,12,17,21H,11H2,1-2H3,(H,20,23)/t17-/m1/s1. The molecule has 5 nitrogen and oxygen atoms in total. The topological polar surface area (TPSA) is 66.4 Å². The van der Waals surface area contributed by atoms with Crippen molar-refractivity contribution in [3.8, 4) is 0 Å². The Kier molecular flexibility index (Phi) is 5.99. The van der Waals surface area contributed by atoms with Crippen LogP contribution >= 0.6 is 23.5 Å². The van der Waals surface area contributed by atoms with Gasteiger partial charge in [-0.2, -0.15) is 5.10 Å². The summed E-state index contributed by atoms with van der Waals surface area (Å²) < 4.78 is 0.848. The second kappa shape index (κ2) is 8.40. The van der Waals surface area contributed by atoms with Crippen molar-refractivity contribution in [1.29, 1.82) is 0 Å². The lowest BCUT2D eigenvalue weighted by Crippen LogP contribution is -2.14. The Morgan fingerprint density at radius 2 is 2.08 bits per heavy atom. The van der Waals surface area contributed by atoms with Crippen molar-refractivity contribution in [2.24, 2.45) is 5.10 Å². The minimum atomic E-state index is -0.0353. The van der Waals surface area contributed by atoms with Crippen molar-refractivity contribution in [2.75, 3.05) is 11.1 Å². The van der Waals surface area contributed by atoms with Crippen molar-refractivity contribution in [3.63, 3.8) is 0 Å². The number of carbonyl (C=O) groups excluding carboxylic acids is 1. The van der Waals surface area contributed by atoms with Crippen molar-refractivity contribution in [2.45, 2.75) is 25.1 Å². The highest BCUT2D eigenvalue weighted by Gasteiger charge is 2.22. The molecule has 0 spiro atoms. The first-order valence-electron chi connectivity index (χ1n) is 8.05. The molecule has 0 unspecified atom stereocenters. The van der Waals surface area contributed by atoms with Gasteiger partial charge in [0, 0.05) is 11.9 Å². The fourth-order valence-corrected chi connectivity index (χ4v) is 4.12. The van der Waals surface area contributed by atoms with Gasteiger partial charge in [-0.3, -0.25) is 15.2 Å². The van der Waals surface area contributed by atoms with E-state index in [0.29, 0.717) is 11.7 Å². The summed E-state index contributed by atoms with van der Waals surface area (Å²) in [5, 5.41) is 7.20. The number of aromatic nitrogens is 1. The summed E-state index contributed by atoms with van der Waals surface area (Å²) in [4.78, 5) is 16.4. The first kappa shape index (κ1) is 17.8. The van der Waals surface area contributed by atoms with Crippen LogP contribution in [0.1, 0.15) is 36.4 Å². The summed E-state index contributed by atoms with van der Waals surface area (Å²) in [5.74, 6) is 0.776. The molecule has 0 radical (unpaired) electrons. The Morgan fingerprint density at radius 3 is 2.76 bits per heavy atom. The average Bonchev–Trinajstić information content (AvgIpc) is 3.10. The van der Waals surface area contributed by atoms with Crippen LogP contribution in [-0.4, -0.2) is 21.0 Å². The quantitative estimate of drug-likeness (QED) is 0.824. The summed E-state index contributed by atoms with van der Waals surface area (Å²) in [5.41, 5.74) is 6.06. The Balaban J connectivity index is 1.45. The van der Waals surface area contributed by atoms with Gasteiger partial charge in [0.1, 0.15) is 5.37 Å². The Morgan fingerprint density at radius 1 is 1.28 bits per heavy atom. The number of benzene rings is 1. The molecule has 0 bridgehead atoms. The summed E-state index contributed by atoms with van der Waals surface area (Å²) in [6.07, 6.45) is 1.76. The van der Waals surface area contributed by atoms with Crippen LogP contribution in [-0.2, 0) is 4.79 Å². The zero-order chi connectivity index (χ0) is 17.6. The molecule has 0 saturated carbocycles. The molecule has 1 aliphatic rings. The molecule has 3 rings (SSSR count). The molecule has 0 fully saturated rings. The van der Waals surface area contributed by atoms with Gasteiger partial charge in [0.2, 0.25) is 5.91 Å². The molecular formula is C18H20N4OS2. The third-order valence-corrected chi connectivity index (χ3v) is 5.90. The highest BCUT2D eigenvalue weighted by Crippen LogP contribution is 2.34. The molecule has 7 heteroatoms. The number of carbonyl (C=O) groups is 1. The van der Waals surface area contributed by atoms with Gasteiger partial charge in [0.05, 0.1) is 11.4 Å². The van der Waals surface area contributed by atoms with Crippen LogP contribution in [0.25, 0.3) is 0 Å². The van der Waals surface area contributed by atoms with E-state index < -0.39 is 0 Å². The number of anilines is 1. The molecule has 2 heterocycles. The van der Waals surface area contributed by atoms with E-state index in [4.69, 9.17) is 0 Å². The Labute approximate surface area is 156 Å². The van der Waals surface area contributed by atoms with Gasteiger partial charge < -0.3 is 5.32 Å². The number of thioether (sulfide) groups is 2. The predicted molar refractivity (Wildman–Crippen MR) is 107 cm³/mol. The predicted octanol–water partition coefficient (Wildman–Crippen LogP) is 4.18. The molecule has 1 aromatic heterocycles. The number of rotatable bonds is 5. The van der Waals surface area contributed by atoms with Crippen LogP contribution in [0.2, 0.25) is 0 Å². The maximum atomic E-state index is 12.1. The summed E-state index contributed by atoms with van der Waals surface area (Å²) in [6.45, 7) is 4.30. The van der Waals surface area contributed by atoms with E-state index in [-0.39, 0.29) is 11.3 Å². The first-order valence-corrected chi connectivity index (χ1v) is 9.92. The number of amides is 1. The molecule has 0 saturated heterocycles. The van der Waals surface area contributed by atoms with Crippen LogP contribution in [0.15, 0.2) is 53.8 Å². The van der Waals surface area contributed by atoms with Gasteiger partial charge in [-0.1, -0.05) is 55.6 Å². The van der Waals surface area contributed by atoms with Crippen LogP contribution < -0.4 is 10.7 Å². The van der Waals surface area contributed by atoms with Crippen molar-refractivity contribution in [3.05, 3.63) is 59.9 Å². The maximum Gasteiger partial charge on any atom is 0.234 e. The monoisotopic (exact) mass is 372 g/mol. The molecule has 1 aromatic carbocycles. The SMILES string of the molecule is CC(C)c1ccc(NC(=O)CSC2=NN[C@@H](c3ccccn3)S2)cc1.